The molecule has 0 aliphatic heterocycles. The first-order valence-corrected chi connectivity index (χ1v) is 8.21. The van der Waals surface area contributed by atoms with Crippen LogP contribution in [0.2, 0.25) is 0 Å². The summed E-state index contributed by atoms with van der Waals surface area (Å²) in [5.74, 6) is 0.515. The molecule has 25 heavy (non-hydrogen) atoms. The molecule has 0 radical (unpaired) electrons. The summed E-state index contributed by atoms with van der Waals surface area (Å²) >= 11 is 0. The normalized spacial score (nSPS) is 11.9. The van der Waals surface area contributed by atoms with Gasteiger partial charge >= 0.3 is 0 Å². The molecule has 1 atom stereocenters. The smallest absolute Gasteiger partial charge is 0.272 e. The Balaban J connectivity index is 1.56. The van der Waals surface area contributed by atoms with E-state index in [1.165, 1.54) is 0 Å². The van der Waals surface area contributed by atoms with Gasteiger partial charge in [-0.25, -0.2) is 4.68 Å². The second-order valence-electron chi connectivity index (χ2n) is 5.62. The van der Waals surface area contributed by atoms with Crippen molar-refractivity contribution in [1.29, 1.82) is 0 Å². The molecule has 7 heteroatoms. The number of hydrogen-bond donors (Lipinski definition) is 1. The summed E-state index contributed by atoms with van der Waals surface area (Å²) in [5.41, 5.74) is 1.17. The van der Waals surface area contributed by atoms with Crippen LogP contribution in [-0.2, 0) is 13.3 Å². The molecule has 0 saturated carbocycles. The molecule has 1 aromatic carbocycles. The Labute approximate surface area is 146 Å². The fraction of sp³-hybridized carbons (Fsp3) is 0.278. The van der Waals surface area contributed by atoms with Gasteiger partial charge in [0.1, 0.15) is 11.4 Å². The van der Waals surface area contributed by atoms with Crippen LogP contribution in [0.25, 0.3) is 0 Å². The number of hydrogen-bond acceptors (Lipinski definition) is 4. The second-order valence-corrected chi connectivity index (χ2v) is 5.62. The number of para-hydroxylation sites is 1. The molecule has 0 aliphatic carbocycles. The van der Waals surface area contributed by atoms with Crippen LogP contribution in [-0.4, -0.2) is 25.5 Å². The Kier molecular flexibility index (Phi) is 5.13. The molecule has 1 amide bonds. The van der Waals surface area contributed by atoms with Crippen molar-refractivity contribution in [3.63, 3.8) is 0 Å². The Hall–Kier alpha value is -3.09. The number of carbonyl (C=O) groups excluding carboxylic acids is 1. The molecule has 0 fully saturated rings. The van der Waals surface area contributed by atoms with Crippen LogP contribution in [0.4, 0.5) is 0 Å². The van der Waals surface area contributed by atoms with Crippen LogP contribution in [0.5, 0.6) is 5.75 Å². The number of ether oxygens (including phenoxy) is 1. The maximum Gasteiger partial charge on any atom is 0.272 e. The summed E-state index contributed by atoms with van der Waals surface area (Å²) in [6, 6.07) is 12.8. The lowest BCUT2D eigenvalue weighted by Crippen LogP contribution is -2.27. The topological polar surface area (TPSA) is 74.0 Å². The van der Waals surface area contributed by atoms with Gasteiger partial charge in [0.15, 0.2) is 6.73 Å². The van der Waals surface area contributed by atoms with Gasteiger partial charge in [0.05, 0.1) is 11.7 Å². The third kappa shape index (κ3) is 4.26. The zero-order valence-corrected chi connectivity index (χ0v) is 14.3. The van der Waals surface area contributed by atoms with Gasteiger partial charge in [0, 0.05) is 18.9 Å². The van der Waals surface area contributed by atoms with E-state index in [1.807, 2.05) is 61.1 Å². The first kappa shape index (κ1) is 16.8. The lowest BCUT2D eigenvalue weighted by atomic mass is 10.2. The molecule has 1 N–H and O–H groups in total. The summed E-state index contributed by atoms with van der Waals surface area (Å²) < 4.78 is 9.02. The average molecular weight is 339 g/mol. The molecule has 0 bridgehead atoms. The highest BCUT2D eigenvalue weighted by Crippen LogP contribution is 2.11. The minimum atomic E-state index is -0.239. The SMILES string of the molecule is CCn1ccc(C(C)NC(=O)c2ccn(COc3ccccc3)n2)n1. The van der Waals surface area contributed by atoms with E-state index in [4.69, 9.17) is 4.74 Å². The van der Waals surface area contributed by atoms with Gasteiger partial charge in [-0.05, 0) is 38.1 Å². The predicted octanol–water partition coefficient (Wildman–Crippen LogP) is 2.63. The highest BCUT2D eigenvalue weighted by Gasteiger charge is 2.15. The molecule has 2 aromatic heterocycles. The van der Waals surface area contributed by atoms with Gasteiger partial charge in [-0.3, -0.25) is 9.48 Å². The maximum atomic E-state index is 12.3. The number of nitrogens with one attached hydrogen (secondary N) is 1. The summed E-state index contributed by atoms with van der Waals surface area (Å²) in [5, 5.41) is 11.6. The minimum Gasteiger partial charge on any atom is -0.471 e. The molecular formula is C18H21N5O2. The van der Waals surface area contributed by atoms with Gasteiger partial charge in [-0.2, -0.15) is 10.2 Å². The summed E-state index contributed by atoms with van der Waals surface area (Å²) in [4.78, 5) is 12.3. The first-order valence-electron chi connectivity index (χ1n) is 8.21. The summed E-state index contributed by atoms with van der Waals surface area (Å²) in [6.07, 6.45) is 3.61. The Morgan fingerprint density at radius 1 is 1.12 bits per heavy atom. The van der Waals surface area contributed by atoms with E-state index >= 15 is 0 Å². The van der Waals surface area contributed by atoms with Crippen molar-refractivity contribution < 1.29 is 9.53 Å². The molecule has 130 valence electrons. The fourth-order valence-corrected chi connectivity index (χ4v) is 2.34. The van der Waals surface area contributed by atoms with Crippen molar-refractivity contribution in [2.24, 2.45) is 0 Å². The Bertz CT molecular complexity index is 825. The number of benzene rings is 1. The number of nitrogens with zero attached hydrogens (tertiary/aromatic N) is 4. The van der Waals surface area contributed by atoms with E-state index in [2.05, 4.69) is 15.5 Å². The molecule has 0 aliphatic rings. The summed E-state index contributed by atoms with van der Waals surface area (Å²) in [6.45, 7) is 4.96. The number of amides is 1. The summed E-state index contributed by atoms with van der Waals surface area (Å²) in [7, 11) is 0. The number of aromatic nitrogens is 4. The highest BCUT2D eigenvalue weighted by molar-refractivity contribution is 5.92. The molecule has 3 rings (SSSR count). The molecule has 0 saturated heterocycles. The molecule has 3 aromatic rings. The van der Waals surface area contributed by atoms with Crippen LogP contribution < -0.4 is 10.1 Å². The predicted molar refractivity (Wildman–Crippen MR) is 93.1 cm³/mol. The van der Waals surface area contributed by atoms with Crippen molar-refractivity contribution in [2.45, 2.75) is 33.2 Å². The van der Waals surface area contributed by atoms with Crippen molar-refractivity contribution in [2.75, 3.05) is 0 Å². The van der Waals surface area contributed by atoms with Crippen LogP contribution in [0.1, 0.15) is 36.1 Å². The van der Waals surface area contributed by atoms with Gasteiger partial charge in [-0.15, -0.1) is 0 Å². The van der Waals surface area contributed by atoms with Gasteiger partial charge in [0.25, 0.3) is 5.91 Å². The molecule has 1 unspecified atom stereocenters. The van der Waals surface area contributed by atoms with E-state index in [0.717, 1.165) is 18.0 Å². The zero-order chi connectivity index (χ0) is 17.6. The monoisotopic (exact) mass is 339 g/mol. The molecule has 0 spiro atoms. The standard InChI is InChI=1S/C18H21N5O2/c1-3-22-11-9-16(20-22)14(2)19-18(24)17-10-12-23(21-17)13-25-15-7-5-4-6-8-15/h4-12,14H,3,13H2,1-2H3,(H,19,24). The van der Waals surface area contributed by atoms with Crippen molar-refractivity contribution >= 4 is 5.91 Å². The van der Waals surface area contributed by atoms with E-state index in [9.17, 15) is 4.79 Å². The van der Waals surface area contributed by atoms with E-state index in [0.29, 0.717) is 5.69 Å². The van der Waals surface area contributed by atoms with Crippen LogP contribution in [0, 0.1) is 0 Å². The average Bonchev–Trinajstić information content (AvgIpc) is 3.30. The Morgan fingerprint density at radius 3 is 2.60 bits per heavy atom. The maximum absolute atomic E-state index is 12.3. The molecular weight excluding hydrogens is 318 g/mol. The van der Waals surface area contributed by atoms with E-state index in [-0.39, 0.29) is 18.7 Å². The lowest BCUT2D eigenvalue weighted by molar-refractivity contribution is 0.0932. The second kappa shape index (κ2) is 7.65. The largest absolute Gasteiger partial charge is 0.471 e. The van der Waals surface area contributed by atoms with Gasteiger partial charge < -0.3 is 10.1 Å². The van der Waals surface area contributed by atoms with Gasteiger partial charge in [0.2, 0.25) is 0 Å². The van der Waals surface area contributed by atoms with Gasteiger partial charge in [-0.1, -0.05) is 18.2 Å². The number of carbonyl (C=O) groups is 1. The quantitative estimate of drug-likeness (QED) is 0.718. The molecule has 2 heterocycles. The minimum absolute atomic E-state index is 0.189. The number of rotatable bonds is 7. The third-order valence-electron chi connectivity index (χ3n) is 3.76. The van der Waals surface area contributed by atoms with Crippen LogP contribution >= 0.6 is 0 Å². The Morgan fingerprint density at radius 2 is 1.88 bits per heavy atom. The number of aryl methyl sites for hydroxylation is 1. The van der Waals surface area contributed by atoms with Crippen LogP contribution in [0.3, 0.4) is 0 Å². The van der Waals surface area contributed by atoms with Crippen molar-refractivity contribution in [3.05, 3.63) is 66.2 Å². The molecule has 7 nitrogen and oxygen atoms in total. The van der Waals surface area contributed by atoms with Crippen molar-refractivity contribution in [1.82, 2.24) is 24.9 Å². The van der Waals surface area contributed by atoms with E-state index in [1.54, 1.807) is 16.9 Å². The third-order valence-corrected chi connectivity index (χ3v) is 3.76. The highest BCUT2D eigenvalue weighted by atomic mass is 16.5. The van der Waals surface area contributed by atoms with Crippen LogP contribution in [0.15, 0.2) is 54.9 Å². The van der Waals surface area contributed by atoms with Crippen molar-refractivity contribution in [3.8, 4) is 5.75 Å². The van der Waals surface area contributed by atoms with E-state index < -0.39 is 0 Å². The fourth-order valence-electron chi connectivity index (χ4n) is 2.34. The first-order chi connectivity index (χ1) is 12.2. The lowest BCUT2D eigenvalue weighted by Gasteiger charge is -2.10. The zero-order valence-electron chi connectivity index (χ0n) is 14.3.